The highest BCUT2D eigenvalue weighted by molar-refractivity contribution is 14.1. The molecule has 23 heavy (non-hydrogen) atoms. The lowest BCUT2D eigenvalue weighted by Gasteiger charge is -2.13. The molecular weight excluding hydrogens is 492 g/mol. The number of benzene rings is 1. The summed E-state index contributed by atoms with van der Waals surface area (Å²) < 4.78 is 61.2. The molecule has 2 rings (SSSR count). The number of anilines is 1. The number of phenolic OH excluding ortho intramolecular Hbond substituents is 1. The van der Waals surface area contributed by atoms with E-state index in [1.165, 1.54) is 6.20 Å². The molecule has 2 aromatic rings. The molecule has 0 atom stereocenters. The third-order valence-corrected chi connectivity index (χ3v) is 6.03. The zero-order valence-electron chi connectivity index (χ0n) is 10.9. The van der Waals surface area contributed by atoms with E-state index in [2.05, 4.69) is 10.3 Å². The smallest absolute Gasteiger partial charge is 0.501 e. The monoisotopic (exact) mass is 498 g/mol. The van der Waals surface area contributed by atoms with E-state index >= 15 is 0 Å². The maximum absolute atomic E-state index is 12.6. The molecule has 0 aliphatic carbocycles. The van der Waals surface area contributed by atoms with Crippen molar-refractivity contribution < 1.29 is 26.7 Å². The molecule has 1 aromatic carbocycles. The number of sulfone groups is 1. The fraction of sp³-hybridized carbons (Fsp3) is 0.182. The minimum Gasteiger partial charge on any atom is -0.505 e. The topological polar surface area (TPSA) is 79.3 Å². The Morgan fingerprint density at radius 3 is 2.57 bits per heavy atom. The second kappa shape index (κ2) is 6.61. The SMILES string of the molecule is O=S(=O)(c1cc(I)c(O)c(NCc2cnc(Cl)s2)c1)C(F)(F)F. The highest BCUT2D eigenvalue weighted by atomic mass is 127. The number of rotatable bonds is 4. The first-order chi connectivity index (χ1) is 10.5. The van der Waals surface area contributed by atoms with Crippen LogP contribution in [0.3, 0.4) is 0 Å². The Morgan fingerprint density at radius 1 is 1.39 bits per heavy atom. The largest absolute Gasteiger partial charge is 0.505 e. The van der Waals surface area contributed by atoms with Crippen molar-refractivity contribution in [2.24, 2.45) is 0 Å². The van der Waals surface area contributed by atoms with Crippen LogP contribution in [-0.2, 0) is 16.4 Å². The average Bonchev–Trinajstić information content (AvgIpc) is 2.84. The molecule has 12 heteroatoms. The number of thiazole rings is 1. The first-order valence-electron chi connectivity index (χ1n) is 5.70. The van der Waals surface area contributed by atoms with E-state index in [9.17, 15) is 26.7 Å². The summed E-state index contributed by atoms with van der Waals surface area (Å²) in [6, 6.07) is 1.50. The predicted octanol–water partition coefficient (Wildman–Crippen LogP) is 4.01. The Kier molecular flexibility index (Phi) is 5.33. The summed E-state index contributed by atoms with van der Waals surface area (Å²) in [6.07, 6.45) is 1.46. The van der Waals surface area contributed by atoms with Crippen LogP contribution in [0.25, 0.3) is 0 Å². The van der Waals surface area contributed by atoms with Gasteiger partial charge in [0.1, 0.15) is 0 Å². The molecule has 5 nitrogen and oxygen atoms in total. The number of hydrogen-bond acceptors (Lipinski definition) is 6. The Bertz CT molecular complexity index is 840. The molecule has 0 fully saturated rings. The predicted molar refractivity (Wildman–Crippen MR) is 88.5 cm³/mol. The zero-order chi connectivity index (χ0) is 17.4. The van der Waals surface area contributed by atoms with Crippen LogP contribution in [0.1, 0.15) is 4.88 Å². The molecule has 0 saturated heterocycles. The minimum absolute atomic E-state index is 0.0299. The van der Waals surface area contributed by atoms with E-state index in [4.69, 9.17) is 11.6 Å². The quantitative estimate of drug-likeness (QED) is 0.492. The fourth-order valence-corrected chi connectivity index (χ4v) is 4.11. The summed E-state index contributed by atoms with van der Waals surface area (Å²) >= 11 is 8.35. The summed E-state index contributed by atoms with van der Waals surface area (Å²) in [5, 5.41) is 12.6. The normalized spacial score (nSPS) is 12.4. The molecule has 0 bridgehead atoms. The van der Waals surface area contributed by atoms with Gasteiger partial charge in [-0.3, -0.25) is 0 Å². The van der Waals surface area contributed by atoms with Gasteiger partial charge in [0.25, 0.3) is 9.84 Å². The van der Waals surface area contributed by atoms with Crippen molar-refractivity contribution in [2.45, 2.75) is 16.9 Å². The van der Waals surface area contributed by atoms with Gasteiger partial charge in [-0.2, -0.15) is 13.2 Å². The molecule has 0 amide bonds. The number of alkyl halides is 3. The van der Waals surface area contributed by atoms with Crippen LogP contribution in [0.15, 0.2) is 23.2 Å². The van der Waals surface area contributed by atoms with Crippen molar-refractivity contribution in [1.29, 1.82) is 0 Å². The van der Waals surface area contributed by atoms with E-state index in [0.29, 0.717) is 4.88 Å². The maximum atomic E-state index is 12.6. The third-order valence-electron chi connectivity index (χ3n) is 2.63. The minimum atomic E-state index is -5.50. The Hall–Kier alpha value is -0.790. The lowest BCUT2D eigenvalue weighted by molar-refractivity contribution is -0.0436. The van der Waals surface area contributed by atoms with Gasteiger partial charge in [0.15, 0.2) is 10.2 Å². The van der Waals surface area contributed by atoms with Crippen molar-refractivity contribution in [2.75, 3.05) is 5.32 Å². The summed E-state index contributed by atoms with van der Waals surface area (Å²) in [6.45, 7) is 0.115. The summed E-state index contributed by atoms with van der Waals surface area (Å²) in [7, 11) is -5.50. The highest BCUT2D eigenvalue weighted by Gasteiger charge is 2.47. The zero-order valence-corrected chi connectivity index (χ0v) is 15.4. The van der Waals surface area contributed by atoms with Gasteiger partial charge in [0.2, 0.25) is 0 Å². The fourth-order valence-electron chi connectivity index (χ4n) is 1.55. The van der Waals surface area contributed by atoms with Crippen molar-refractivity contribution in [1.82, 2.24) is 4.98 Å². The van der Waals surface area contributed by atoms with Gasteiger partial charge in [-0.15, -0.1) is 11.3 Å². The van der Waals surface area contributed by atoms with Gasteiger partial charge in [-0.25, -0.2) is 13.4 Å². The lowest BCUT2D eigenvalue weighted by atomic mass is 10.3. The molecule has 1 aromatic heterocycles. The van der Waals surface area contributed by atoms with Crippen molar-refractivity contribution in [3.63, 3.8) is 0 Å². The second-order valence-electron chi connectivity index (χ2n) is 4.18. The molecule has 0 aliphatic rings. The van der Waals surface area contributed by atoms with Crippen LogP contribution < -0.4 is 5.32 Å². The molecule has 0 radical (unpaired) electrons. The summed E-state index contributed by atoms with van der Waals surface area (Å²) in [4.78, 5) is 3.51. The average molecular weight is 499 g/mol. The van der Waals surface area contributed by atoms with Gasteiger partial charge in [0, 0.05) is 11.1 Å². The Morgan fingerprint density at radius 2 is 2.04 bits per heavy atom. The molecule has 2 N–H and O–H groups in total. The first kappa shape index (κ1) is 18.5. The van der Waals surface area contributed by atoms with Gasteiger partial charge in [-0.1, -0.05) is 11.6 Å². The number of aromatic nitrogens is 1. The van der Waals surface area contributed by atoms with Gasteiger partial charge < -0.3 is 10.4 Å². The molecular formula is C11H7ClF3IN2O3S2. The van der Waals surface area contributed by atoms with Crippen LogP contribution in [0.4, 0.5) is 18.9 Å². The molecule has 0 unspecified atom stereocenters. The number of nitrogens with one attached hydrogen (secondary N) is 1. The third kappa shape index (κ3) is 4.00. The standard InChI is InChI=1S/C11H7ClF3IN2O3S2/c12-10-18-4-5(22-10)3-17-8-2-6(1-7(16)9(8)19)23(20,21)11(13,14)15/h1-2,4,17,19H,3H2. The van der Waals surface area contributed by atoms with E-state index < -0.39 is 20.2 Å². The van der Waals surface area contributed by atoms with Crippen LogP contribution in [0.2, 0.25) is 4.47 Å². The number of phenols is 1. The molecule has 0 spiro atoms. The van der Waals surface area contributed by atoms with Crippen molar-refractivity contribution in [3.8, 4) is 5.75 Å². The van der Waals surface area contributed by atoms with Crippen LogP contribution >= 0.6 is 45.5 Å². The molecule has 0 saturated carbocycles. The lowest BCUT2D eigenvalue weighted by Crippen LogP contribution is -2.23. The first-order valence-corrected chi connectivity index (χ1v) is 9.46. The van der Waals surface area contributed by atoms with Crippen LogP contribution in [0, 0.1) is 3.57 Å². The van der Waals surface area contributed by atoms with Crippen LogP contribution in [-0.4, -0.2) is 24.0 Å². The molecule has 1 heterocycles. The van der Waals surface area contributed by atoms with Gasteiger partial charge >= 0.3 is 5.51 Å². The number of hydrogen-bond donors (Lipinski definition) is 2. The summed E-state index contributed by atoms with van der Waals surface area (Å²) in [5.74, 6) is -0.345. The maximum Gasteiger partial charge on any atom is 0.501 e. The Labute approximate surface area is 151 Å². The van der Waals surface area contributed by atoms with Crippen molar-refractivity contribution in [3.05, 3.63) is 31.2 Å². The number of nitrogens with zero attached hydrogens (tertiary/aromatic N) is 1. The Balaban J connectivity index is 2.37. The van der Waals surface area contributed by atoms with Gasteiger partial charge in [0.05, 0.1) is 20.7 Å². The highest BCUT2D eigenvalue weighted by Crippen LogP contribution is 2.37. The van der Waals surface area contributed by atoms with Crippen molar-refractivity contribution >= 4 is 61.1 Å². The van der Waals surface area contributed by atoms with Gasteiger partial charge in [-0.05, 0) is 34.7 Å². The molecule has 126 valence electrons. The van der Waals surface area contributed by atoms with E-state index in [0.717, 1.165) is 23.5 Å². The van der Waals surface area contributed by atoms with E-state index in [-0.39, 0.29) is 26.0 Å². The summed E-state index contributed by atoms with van der Waals surface area (Å²) in [5.41, 5.74) is -5.56. The van der Waals surface area contributed by atoms with E-state index in [1.54, 1.807) is 22.6 Å². The molecule has 0 aliphatic heterocycles. The second-order valence-corrected chi connectivity index (χ2v) is 8.98. The number of halogens is 5. The van der Waals surface area contributed by atoms with E-state index in [1.807, 2.05) is 0 Å². The van der Waals surface area contributed by atoms with Crippen LogP contribution in [0.5, 0.6) is 5.75 Å². The number of aromatic hydroxyl groups is 1.